The molecule has 1 aliphatic heterocycles. The molecule has 6 nitrogen and oxygen atoms in total. The van der Waals surface area contributed by atoms with E-state index in [0.717, 1.165) is 49.5 Å². The van der Waals surface area contributed by atoms with Crippen molar-refractivity contribution in [1.29, 1.82) is 0 Å². The third kappa shape index (κ3) is 8.35. The lowest BCUT2D eigenvalue weighted by atomic mass is 10.1. The predicted molar refractivity (Wildman–Crippen MR) is 124 cm³/mol. The van der Waals surface area contributed by atoms with Crippen molar-refractivity contribution >= 4 is 51.8 Å². The van der Waals surface area contributed by atoms with Gasteiger partial charge in [0.2, 0.25) is 0 Å². The lowest BCUT2D eigenvalue weighted by Gasteiger charge is -2.34. The Morgan fingerprint density at radius 2 is 2.04 bits per heavy atom. The van der Waals surface area contributed by atoms with Crippen molar-refractivity contribution in [2.45, 2.75) is 32.8 Å². The molecule has 8 heteroatoms. The normalized spacial score (nSPS) is 15.2. The van der Waals surface area contributed by atoms with Crippen LogP contribution in [0, 0.1) is 0 Å². The van der Waals surface area contributed by atoms with Gasteiger partial charge in [0.05, 0.1) is 12.6 Å². The molecule has 0 aromatic heterocycles. The van der Waals surface area contributed by atoms with E-state index < -0.39 is 0 Å². The predicted octanol–water partition coefficient (Wildman–Crippen LogP) is 3.26. The Morgan fingerprint density at radius 1 is 1.30 bits per heavy atom. The van der Waals surface area contributed by atoms with Gasteiger partial charge in [0.25, 0.3) is 5.91 Å². The van der Waals surface area contributed by atoms with Gasteiger partial charge in [0.15, 0.2) is 5.96 Å². The summed E-state index contributed by atoms with van der Waals surface area (Å²) in [4.78, 5) is 19.1. The highest BCUT2D eigenvalue weighted by Crippen LogP contribution is 2.14. The van der Waals surface area contributed by atoms with Crippen LogP contribution in [0.4, 0.5) is 0 Å². The van der Waals surface area contributed by atoms with Crippen LogP contribution in [-0.4, -0.2) is 62.2 Å². The highest BCUT2D eigenvalue weighted by molar-refractivity contribution is 14.0. The summed E-state index contributed by atoms with van der Waals surface area (Å²) in [7, 11) is 0. The molecule has 0 radical (unpaired) electrons. The highest BCUT2D eigenvalue weighted by atomic mass is 127. The standard InChI is InChI=1S/C19H29BrN4O2.HI/c1-3-21-19(24-12-8-17(9-13-24)26-4-2)23-11-10-22-18(25)15-6-5-7-16(20)14-15;/h5-7,14,17H,3-4,8-13H2,1-2H3,(H,21,23)(H,22,25);1H. The van der Waals surface area contributed by atoms with Gasteiger partial charge in [-0.2, -0.15) is 0 Å². The Hall–Kier alpha value is -0.870. The molecule has 1 aromatic carbocycles. The molecule has 2 rings (SSSR count). The van der Waals surface area contributed by atoms with E-state index in [1.54, 1.807) is 6.07 Å². The third-order valence-electron chi connectivity index (χ3n) is 4.22. The minimum atomic E-state index is -0.0796. The molecule has 152 valence electrons. The maximum absolute atomic E-state index is 12.1. The molecule has 1 aliphatic rings. The fraction of sp³-hybridized carbons (Fsp3) is 0.579. The highest BCUT2D eigenvalue weighted by Gasteiger charge is 2.21. The zero-order chi connectivity index (χ0) is 18.8. The van der Waals surface area contributed by atoms with Crippen LogP contribution in [0.2, 0.25) is 0 Å². The Morgan fingerprint density at radius 3 is 2.67 bits per heavy atom. The minimum absolute atomic E-state index is 0. The molecule has 1 aromatic rings. The van der Waals surface area contributed by atoms with Gasteiger partial charge in [-0.1, -0.05) is 22.0 Å². The van der Waals surface area contributed by atoms with Crippen LogP contribution in [0.3, 0.4) is 0 Å². The van der Waals surface area contributed by atoms with Crippen LogP contribution in [0.5, 0.6) is 0 Å². The maximum Gasteiger partial charge on any atom is 0.251 e. The molecular weight excluding hydrogens is 523 g/mol. The zero-order valence-corrected chi connectivity index (χ0v) is 20.0. The van der Waals surface area contributed by atoms with Crippen molar-refractivity contribution in [1.82, 2.24) is 15.5 Å². The number of aliphatic imine (C=N–C) groups is 1. The number of nitrogens with one attached hydrogen (secondary N) is 2. The van der Waals surface area contributed by atoms with Crippen molar-refractivity contribution in [2.24, 2.45) is 4.99 Å². The number of guanidine groups is 1. The third-order valence-corrected chi connectivity index (χ3v) is 4.72. The number of hydrogen-bond donors (Lipinski definition) is 2. The SMILES string of the molecule is CCNC(=NCCNC(=O)c1cccc(Br)c1)N1CCC(OCC)CC1.I. The fourth-order valence-electron chi connectivity index (χ4n) is 2.96. The number of piperidine rings is 1. The summed E-state index contributed by atoms with van der Waals surface area (Å²) in [5, 5.41) is 6.26. The van der Waals surface area contributed by atoms with Crippen molar-refractivity contribution < 1.29 is 9.53 Å². The second kappa shape index (κ2) is 13.3. The van der Waals surface area contributed by atoms with Gasteiger partial charge in [0, 0.05) is 42.8 Å². The maximum atomic E-state index is 12.1. The summed E-state index contributed by atoms with van der Waals surface area (Å²) in [6, 6.07) is 7.37. The van der Waals surface area contributed by atoms with Crippen molar-refractivity contribution in [3.63, 3.8) is 0 Å². The number of hydrogen-bond acceptors (Lipinski definition) is 3. The Labute approximate surface area is 187 Å². The molecule has 1 amide bonds. The fourth-order valence-corrected chi connectivity index (χ4v) is 3.36. The molecule has 1 saturated heterocycles. The smallest absolute Gasteiger partial charge is 0.251 e. The van der Waals surface area contributed by atoms with E-state index in [1.165, 1.54) is 0 Å². The van der Waals surface area contributed by atoms with Crippen molar-refractivity contribution in [3.8, 4) is 0 Å². The number of carbonyl (C=O) groups excluding carboxylic acids is 1. The second-order valence-electron chi connectivity index (χ2n) is 6.14. The van der Waals surface area contributed by atoms with Gasteiger partial charge in [0.1, 0.15) is 0 Å². The molecule has 2 N–H and O–H groups in total. The molecule has 0 unspecified atom stereocenters. The van der Waals surface area contributed by atoms with Gasteiger partial charge in [-0.25, -0.2) is 0 Å². The van der Waals surface area contributed by atoms with Crippen molar-refractivity contribution in [2.75, 3.05) is 39.3 Å². The van der Waals surface area contributed by atoms with E-state index in [9.17, 15) is 4.79 Å². The van der Waals surface area contributed by atoms with Gasteiger partial charge < -0.3 is 20.3 Å². The second-order valence-corrected chi connectivity index (χ2v) is 7.06. The number of carbonyl (C=O) groups is 1. The van der Waals surface area contributed by atoms with Crippen LogP contribution in [0.1, 0.15) is 37.0 Å². The van der Waals surface area contributed by atoms with E-state index in [0.29, 0.717) is 24.8 Å². The van der Waals surface area contributed by atoms with Gasteiger partial charge >= 0.3 is 0 Å². The minimum Gasteiger partial charge on any atom is -0.378 e. The molecule has 1 heterocycles. The molecule has 0 spiro atoms. The molecule has 0 bridgehead atoms. The first-order valence-electron chi connectivity index (χ1n) is 9.32. The van der Waals surface area contributed by atoms with Crippen LogP contribution < -0.4 is 10.6 Å². The lowest BCUT2D eigenvalue weighted by Crippen LogP contribution is -2.47. The summed E-state index contributed by atoms with van der Waals surface area (Å²) >= 11 is 3.38. The van der Waals surface area contributed by atoms with E-state index in [4.69, 9.17) is 4.74 Å². The number of likely N-dealkylation sites (tertiary alicyclic amines) is 1. The Kier molecular flexibility index (Phi) is 11.9. The molecule has 27 heavy (non-hydrogen) atoms. The van der Waals surface area contributed by atoms with Crippen LogP contribution >= 0.6 is 39.9 Å². The number of nitrogens with zero attached hydrogens (tertiary/aromatic N) is 2. The summed E-state index contributed by atoms with van der Waals surface area (Å²) in [6.07, 6.45) is 2.42. The molecule has 1 fully saturated rings. The number of rotatable bonds is 7. The Balaban J connectivity index is 0.00000364. The molecular formula is C19H30BrIN4O2. The monoisotopic (exact) mass is 552 g/mol. The first-order chi connectivity index (χ1) is 12.6. The quantitative estimate of drug-likeness (QED) is 0.236. The summed E-state index contributed by atoms with van der Waals surface area (Å²) < 4.78 is 6.60. The zero-order valence-electron chi connectivity index (χ0n) is 16.0. The summed E-state index contributed by atoms with van der Waals surface area (Å²) in [5.74, 6) is 0.836. The topological polar surface area (TPSA) is 66.0 Å². The average Bonchev–Trinajstić information content (AvgIpc) is 2.65. The van der Waals surface area contributed by atoms with Gasteiger partial charge in [-0.15, -0.1) is 24.0 Å². The van der Waals surface area contributed by atoms with Gasteiger partial charge in [-0.3, -0.25) is 9.79 Å². The van der Waals surface area contributed by atoms with Gasteiger partial charge in [-0.05, 0) is 44.9 Å². The molecule has 0 atom stereocenters. The van der Waals surface area contributed by atoms with E-state index >= 15 is 0 Å². The van der Waals surface area contributed by atoms with Crippen LogP contribution in [0.15, 0.2) is 33.7 Å². The van der Waals surface area contributed by atoms with E-state index in [2.05, 4.69) is 43.4 Å². The number of ether oxygens (including phenoxy) is 1. The molecule has 0 saturated carbocycles. The van der Waals surface area contributed by atoms with E-state index in [1.807, 2.05) is 25.1 Å². The summed E-state index contributed by atoms with van der Waals surface area (Å²) in [6.45, 7) is 8.66. The number of halogens is 2. The Bertz CT molecular complexity index is 607. The summed E-state index contributed by atoms with van der Waals surface area (Å²) in [5.41, 5.74) is 0.647. The van der Waals surface area contributed by atoms with E-state index in [-0.39, 0.29) is 29.9 Å². The average molecular weight is 553 g/mol. The largest absolute Gasteiger partial charge is 0.378 e. The van der Waals surface area contributed by atoms with Crippen molar-refractivity contribution in [3.05, 3.63) is 34.3 Å². The van der Waals surface area contributed by atoms with Crippen LogP contribution in [0.25, 0.3) is 0 Å². The molecule has 0 aliphatic carbocycles. The van der Waals surface area contributed by atoms with Crippen LogP contribution in [-0.2, 0) is 4.74 Å². The number of amides is 1. The first-order valence-corrected chi connectivity index (χ1v) is 10.1. The number of benzene rings is 1. The first kappa shape index (κ1) is 24.2. The lowest BCUT2D eigenvalue weighted by molar-refractivity contribution is 0.0264.